The first-order chi connectivity index (χ1) is 9.36. The minimum atomic E-state index is -0.834. The molecule has 0 aliphatic carbocycles. The van der Waals surface area contributed by atoms with Gasteiger partial charge in [-0.1, -0.05) is 26.0 Å². The zero-order valence-corrected chi connectivity index (χ0v) is 12.0. The van der Waals surface area contributed by atoms with Crippen LogP contribution in [0.15, 0.2) is 18.2 Å². The molecule has 0 aliphatic rings. The molecule has 0 aliphatic heterocycles. The second kappa shape index (κ2) is 7.00. The molecule has 0 aromatic heterocycles. The van der Waals surface area contributed by atoms with Gasteiger partial charge in [-0.25, -0.2) is 0 Å². The summed E-state index contributed by atoms with van der Waals surface area (Å²) in [6.45, 7) is 6.96. The molecule has 1 rings (SSSR count). The third kappa shape index (κ3) is 4.03. The third-order valence-corrected chi connectivity index (χ3v) is 3.41. The average molecular weight is 280 g/mol. The molecule has 0 saturated heterocycles. The summed E-state index contributed by atoms with van der Waals surface area (Å²) in [5, 5.41) is 19.9. The first-order valence-electron chi connectivity index (χ1n) is 6.54. The molecule has 1 N–H and O–H groups in total. The van der Waals surface area contributed by atoms with Crippen LogP contribution in [0.25, 0.3) is 0 Å². The monoisotopic (exact) mass is 280 g/mol. The smallest absolute Gasteiger partial charge is 0.307 e. The summed E-state index contributed by atoms with van der Waals surface area (Å²) in [5.41, 5.74) is 1.60. The topological polar surface area (TPSA) is 83.7 Å². The molecule has 1 aromatic rings. The average Bonchev–Trinajstić information content (AvgIpc) is 2.39. The van der Waals surface area contributed by atoms with Gasteiger partial charge in [-0.2, -0.15) is 0 Å². The summed E-state index contributed by atoms with van der Waals surface area (Å²) < 4.78 is 0. The largest absolute Gasteiger partial charge is 0.481 e. The third-order valence-electron chi connectivity index (χ3n) is 3.41. The quantitative estimate of drug-likeness (QED) is 0.612. The lowest BCUT2D eigenvalue weighted by molar-refractivity contribution is -0.385. The summed E-state index contributed by atoms with van der Waals surface area (Å²) in [6, 6.07) is 4.99. The lowest BCUT2D eigenvalue weighted by Crippen LogP contribution is -2.31. The van der Waals surface area contributed by atoms with Gasteiger partial charge in [0, 0.05) is 24.7 Å². The molecule has 0 fully saturated rings. The van der Waals surface area contributed by atoms with Gasteiger partial charge >= 0.3 is 5.97 Å². The molecule has 110 valence electrons. The van der Waals surface area contributed by atoms with Crippen LogP contribution in [0, 0.1) is 23.0 Å². The van der Waals surface area contributed by atoms with E-state index in [-0.39, 0.29) is 5.69 Å². The highest BCUT2D eigenvalue weighted by Crippen LogP contribution is 2.22. The van der Waals surface area contributed by atoms with Crippen LogP contribution < -0.4 is 0 Å². The van der Waals surface area contributed by atoms with Crippen LogP contribution in [-0.2, 0) is 11.3 Å². The molecule has 0 spiro atoms. The van der Waals surface area contributed by atoms with Crippen molar-refractivity contribution in [1.29, 1.82) is 0 Å². The van der Waals surface area contributed by atoms with Crippen LogP contribution >= 0.6 is 0 Å². The van der Waals surface area contributed by atoms with Gasteiger partial charge in [-0.15, -0.1) is 0 Å². The van der Waals surface area contributed by atoms with Gasteiger partial charge in [0.05, 0.1) is 10.8 Å². The fourth-order valence-corrected chi connectivity index (χ4v) is 2.05. The van der Waals surface area contributed by atoms with E-state index in [9.17, 15) is 14.9 Å². The Bertz CT molecular complexity index is 502. The Balaban J connectivity index is 2.88. The Kier molecular flexibility index (Phi) is 5.64. The van der Waals surface area contributed by atoms with E-state index >= 15 is 0 Å². The van der Waals surface area contributed by atoms with E-state index in [2.05, 4.69) is 0 Å². The summed E-state index contributed by atoms with van der Waals surface area (Å²) in [4.78, 5) is 23.4. The van der Waals surface area contributed by atoms with Crippen molar-refractivity contribution in [2.75, 3.05) is 13.1 Å². The normalized spacial score (nSPS) is 12.4. The Morgan fingerprint density at radius 2 is 2.15 bits per heavy atom. The number of carboxylic acids is 1. The van der Waals surface area contributed by atoms with Crippen molar-refractivity contribution in [3.05, 3.63) is 39.4 Å². The number of carbonyl (C=O) groups is 1. The lowest BCUT2D eigenvalue weighted by Gasteiger charge is -2.23. The van der Waals surface area contributed by atoms with Crippen LogP contribution in [0.3, 0.4) is 0 Å². The van der Waals surface area contributed by atoms with Gasteiger partial charge < -0.3 is 5.11 Å². The highest BCUT2D eigenvalue weighted by molar-refractivity contribution is 5.69. The van der Waals surface area contributed by atoms with E-state index in [4.69, 9.17) is 5.11 Å². The number of nitrogens with zero attached hydrogens (tertiary/aromatic N) is 2. The highest BCUT2D eigenvalue weighted by atomic mass is 16.6. The van der Waals surface area contributed by atoms with E-state index in [1.807, 2.05) is 17.9 Å². The molecule has 1 aromatic carbocycles. The molecule has 1 unspecified atom stereocenters. The molecule has 0 amide bonds. The van der Waals surface area contributed by atoms with Crippen molar-refractivity contribution in [1.82, 2.24) is 4.90 Å². The number of nitro benzene ring substituents is 1. The molecule has 6 nitrogen and oxygen atoms in total. The van der Waals surface area contributed by atoms with Gasteiger partial charge in [-0.05, 0) is 19.0 Å². The molecule has 0 saturated carbocycles. The van der Waals surface area contributed by atoms with Gasteiger partial charge in [-0.3, -0.25) is 19.8 Å². The summed E-state index contributed by atoms with van der Waals surface area (Å²) in [7, 11) is 0. The highest BCUT2D eigenvalue weighted by Gasteiger charge is 2.18. The van der Waals surface area contributed by atoms with Gasteiger partial charge in [0.2, 0.25) is 0 Å². The summed E-state index contributed by atoms with van der Waals surface area (Å²) >= 11 is 0. The predicted octanol–water partition coefficient (Wildman–Crippen LogP) is 2.45. The molecule has 0 heterocycles. The van der Waals surface area contributed by atoms with Crippen LogP contribution in [0.4, 0.5) is 5.69 Å². The number of rotatable bonds is 7. The van der Waals surface area contributed by atoms with E-state index < -0.39 is 16.8 Å². The van der Waals surface area contributed by atoms with Crippen molar-refractivity contribution in [3.8, 4) is 0 Å². The Labute approximate surface area is 118 Å². The number of hydrogen-bond donors (Lipinski definition) is 1. The molecule has 20 heavy (non-hydrogen) atoms. The van der Waals surface area contributed by atoms with Crippen molar-refractivity contribution < 1.29 is 14.8 Å². The summed E-state index contributed by atoms with van der Waals surface area (Å²) in [6.07, 6.45) is 0. The molecule has 1 atom stereocenters. The fraction of sp³-hybridized carbons (Fsp3) is 0.500. The minimum absolute atomic E-state index is 0.102. The Morgan fingerprint density at radius 3 is 2.65 bits per heavy atom. The van der Waals surface area contributed by atoms with E-state index in [0.717, 1.165) is 5.56 Å². The van der Waals surface area contributed by atoms with Crippen LogP contribution in [0.1, 0.15) is 25.0 Å². The van der Waals surface area contributed by atoms with Crippen molar-refractivity contribution in [2.24, 2.45) is 5.92 Å². The van der Waals surface area contributed by atoms with Crippen molar-refractivity contribution >= 4 is 11.7 Å². The van der Waals surface area contributed by atoms with Crippen LogP contribution in [-0.4, -0.2) is 34.0 Å². The maximum atomic E-state index is 10.9. The van der Waals surface area contributed by atoms with Gasteiger partial charge in [0.1, 0.15) is 0 Å². The zero-order chi connectivity index (χ0) is 15.3. The van der Waals surface area contributed by atoms with Crippen LogP contribution in [0.5, 0.6) is 0 Å². The second-order valence-electron chi connectivity index (χ2n) is 4.89. The number of benzene rings is 1. The van der Waals surface area contributed by atoms with Crippen LogP contribution in [0.2, 0.25) is 0 Å². The maximum Gasteiger partial charge on any atom is 0.307 e. The molecular weight excluding hydrogens is 260 g/mol. The number of nitro groups is 1. The van der Waals surface area contributed by atoms with Gasteiger partial charge in [0.15, 0.2) is 0 Å². The van der Waals surface area contributed by atoms with E-state index in [1.54, 1.807) is 19.9 Å². The zero-order valence-electron chi connectivity index (χ0n) is 12.0. The van der Waals surface area contributed by atoms with Crippen molar-refractivity contribution in [2.45, 2.75) is 27.3 Å². The van der Waals surface area contributed by atoms with Gasteiger partial charge in [0.25, 0.3) is 5.69 Å². The minimum Gasteiger partial charge on any atom is -0.481 e. The number of carboxylic acid groups (broad SMARTS) is 1. The Hall–Kier alpha value is -1.95. The van der Waals surface area contributed by atoms with E-state index in [0.29, 0.717) is 25.2 Å². The Morgan fingerprint density at radius 1 is 1.50 bits per heavy atom. The SMILES string of the molecule is CCN(Cc1cccc([N+](=O)[O-])c1C)CC(C)C(=O)O. The molecule has 6 heteroatoms. The standard InChI is InChI=1S/C14H20N2O4/c1-4-15(8-10(2)14(17)18)9-12-6-5-7-13(11(12)3)16(19)20/h5-7,10H,4,8-9H2,1-3H3,(H,17,18). The second-order valence-corrected chi connectivity index (χ2v) is 4.89. The van der Waals surface area contributed by atoms with E-state index in [1.165, 1.54) is 6.07 Å². The first-order valence-corrected chi connectivity index (χ1v) is 6.54. The molecule has 0 radical (unpaired) electrons. The maximum absolute atomic E-state index is 10.9. The fourth-order valence-electron chi connectivity index (χ4n) is 2.05. The predicted molar refractivity (Wildman–Crippen MR) is 75.6 cm³/mol. The lowest BCUT2D eigenvalue weighted by atomic mass is 10.1. The molecular formula is C14H20N2O4. The number of aliphatic carboxylic acids is 1. The number of hydrogen-bond acceptors (Lipinski definition) is 4. The summed E-state index contributed by atoms with van der Waals surface area (Å²) in [5.74, 6) is -1.30. The van der Waals surface area contributed by atoms with Crippen molar-refractivity contribution in [3.63, 3.8) is 0 Å². The molecule has 0 bridgehead atoms. The first kappa shape index (κ1) is 16.1.